The second kappa shape index (κ2) is 6.31. The Morgan fingerprint density at radius 1 is 1.21 bits per heavy atom. The van der Waals surface area contributed by atoms with Crippen molar-refractivity contribution < 1.29 is 23.9 Å². The van der Waals surface area contributed by atoms with Crippen LogP contribution in [0.3, 0.4) is 0 Å². The molecule has 6 rings (SSSR count). The van der Waals surface area contributed by atoms with Crippen molar-refractivity contribution in [3.63, 3.8) is 0 Å². The number of fused-ring (bicyclic) bond motifs is 1. The first-order valence-corrected chi connectivity index (χ1v) is 10.6. The molecular weight excluding hydrogens is 426 g/mol. The number of carbonyl (C=O) groups is 3. The molecule has 1 amide bonds. The molecule has 1 heterocycles. The van der Waals surface area contributed by atoms with Gasteiger partial charge in [-0.2, -0.15) is 0 Å². The number of nitrogens with one attached hydrogen (secondary N) is 1. The van der Waals surface area contributed by atoms with Crippen LogP contribution >= 0.6 is 15.9 Å². The lowest BCUT2D eigenvalue weighted by atomic mass is 9.49. The lowest BCUT2D eigenvalue weighted by Crippen LogP contribution is -2.56. The number of hydrogen-bond donors (Lipinski definition) is 1. The molecule has 148 valence electrons. The second-order valence-corrected chi connectivity index (χ2v) is 10.6. The molecule has 0 radical (unpaired) electrons. The number of ketones is 1. The van der Waals surface area contributed by atoms with Crippen LogP contribution in [0, 0.1) is 17.3 Å². The van der Waals surface area contributed by atoms with Gasteiger partial charge in [0.25, 0.3) is 5.91 Å². The topological polar surface area (TPSA) is 81.7 Å². The maximum Gasteiger partial charge on any atom is 0.312 e. The number of halogens is 1. The predicted molar refractivity (Wildman–Crippen MR) is 105 cm³/mol. The fourth-order valence-electron chi connectivity index (χ4n) is 6.01. The Morgan fingerprint density at radius 2 is 1.96 bits per heavy atom. The first-order valence-electron chi connectivity index (χ1n) is 9.80. The number of esters is 1. The number of hydrogen-bond acceptors (Lipinski definition) is 5. The average Bonchev–Trinajstić information content (AvgIpc) is 2.63. The zero-order valence-electron chi connectivity index (χ0n) is 15.5. The molecular formula is C21H22BrNO5. The van der Waals surface area contributed by atoms with Crippen LogP contribution in [0.5, 0.6) is 5.75 Å². The van der Waals surface area contributed by atoms with Gasteiger partial charge in [0, 0.05) is 9.89 Å². The fraction of sp³-hybridized carbons (Fsp3) is 0.571. The van der Waals surface area contributed by atoms with Crippen LogP contribution in [0.4, 0.5) is 5.69 Å². The first-order chi connectivity index (χ1) is 13.3. The second-order valence-electron chi connectivity index (χ2n) is 8.94. The van der Waals surface area contributed by atoms with Gasteiger partial charge in [-0.3, -0.25) is 14.4 Å². The number of ether oxygens (including phenoxy) is 2. The van der Waals surface area contributed by atoms with E-state index in [1.165, 1.54) is 6.42 Å². The maximum atomic E-state index is 13.0. The first kappa shape index (κ1) is 18.2. The Kier molecular flexibility index (Phi) is 4.09. The van der Waals surface area contributed by atoms with Gasteiger partial charge in [0.15, 0.2) is 19.0 Å². The third kappa shape index (κ3) is 3.04. The van der Waals surface area contributed by atoms with Crippen LogP contribution in [-0.4, -0.2) is 35.2 Å². The van der Waals surface area contributed by atoms with E-state index < -0.39 is 5.41 Å². The number of benzene rings is 1. The highest BCUT2D eigenvalue weighted by molar-refractivity contribution is 9.10. The summed E-state index contributed by atoms with van der Waals surface area (Å²) in [5.74, 6) is 0.919. The molecule has 4 fully saturated rings. The zero-order valence-corrected chi connectivity index (χ0v) is 17.0. The number of Topliss-reactive ketones (excluding diaryl/α,β-unsaturated/α-hetero) is 1. The molecule has 1 aromatic carbocycles. The smallest absolute Gasteiger partial charge is 0.312 e. The summed E-state index contributed by atoms with van der Waals surface area (Å²) in [7, 11) is 0. The van der Waals surface area contributed by atoms with Crippen molar-refractivity contribution in [2.24, 2.45) is 17.3 Å². The van der Waals surface area contributed by atoms with Crippen molar-refractivity contribution >= 4 is 39.3 Å². The van der Waals surface area contributed by atoms with E-state index in [1.54, 1.807) is 18.2 Å². The third-order valence-corrected chi connectivity index (χ3v) is 7.62. The van der Waals surface area contributed by atoms with Crippen molar-refractivity contribution in [1.82, 2.24) is 0 Å². The Labute approximate surface area is 171 Å². The molecule has 0 saturated heterocycles. The van der Waals surface area contributed by atoms with Crippen LogP contribution < -0.4 is 10.1 Å². The molecule has 2 unspecified atom stereocenters. The number of carbonyl (C=O) groups excluding carboxylic acids is 3. The lowest BCUT2D eigenvalue weighted by molar-refractivity contribution is -0.168. The van der Waals surface area contributed by atoms with Gasteiger partial charge in [-0.15, -0.1) is 0 Å². The molecule has 1 aromatic rings. The van der Waals surface area contributed by atoms with E-state index in [0.717, 1.165) is 32.1 Å². The SMILES string of the molecule is O=C1COc2ccc(C(=O)COC(=O)C34C[C@@H]5C[C@@H](CC(Br)(C5)C3)C4)cc2N1. The highest BCUT2D eigenvalue weighted by Gasteiger charge is 2.60. The maximum absolute atomic E-state index is 13.0. The van der Waals surface area contributed by atoms with Crippen LogP contribution in [-0.2, 0) is 14.3 Å². The van der Waals surface area contributed by atoms with Crippen molar-refractivity contribution in [1.29, 1.82) is 0 Å². The van der Waals surface area contributed by atoms with Gasteiger partial charge in [0.2, 0.25) is 0 Å². The summed E-state index contributed by atoms with van der Waals surface area (Å²) >= 11 is 3.90. The monoisotopic (exact) mass is 447 g/mol. The van der Waals surface area contributed by atoms with E-state index in [0.29, 0.717) is 28.8 Å². The zero-order chi connectivity index (χ0) is 19.5. The van der Waals surface area contributed by atoms with Crippen molar-refractivity contribution in [3.8, 4) is 5.75 Å². The van der Waals surface area contributed by atoms with Gasteiger partial charge in [-0.25, -0.2) is 0 Å². The van der Waals surface area contributed by atoms with Crippen LogP contribution in [0.2, 0.25) is 0 Å². The van der Waals surface area contributed by atoms with Gasteiger partial charge in [-0.1, -0.05) is 15.9 Å². The summed E-state index contributed by atoms with van der Waals surface area (Å²) in [6.45, 7) is -0.310. The van der Waals surface area contributed by atoms with Gasteiger partial charge in [0.1, 0.15) is 5.75 Å². The van der Waals surface area contributed by atoms with Crippen LogP contribution in [0.25, 0.3) is 0 Å². The number of rotatable bonds is 4. The molecule has 4 aliphatic carbocycles. The number of anilines is 1. The molecule has 6 nitrogen and oxygen atoms in total. The normalized spacial score (nSPS) is 35.0. The van der Waals surface area contributed by atoms with Crippen LogP contribution in [0.1, 0.15) is 48.9 Å². The van der Waals surface area contributed by atoms with Gasteiger partial charge < -0.3 is 14.8 Å². The fourth-order valence-corrected chi connectivity index (χ4v) is 7.47. The summed E-state index contributed by atoms with van der Waals surface area (Å²) in [5, 5.41) is 2.68. The Bertz CT molecular complexity index is 868. The number of alkyl halides is 1. The standard InChI is InChI=1S/C21H22BrNO5/c22-21-7-12-3-13(8-21)6-20(5-12,11-21)19(26)28-9-16(24)14-1-2-17-15(4-14)23-18(25)10-27-17/h1-2,4,12-13H,3,5-11H2,(H,23,25)/t12-,13+,20?,21?. The highest BCUT2D eigenvalue weighted by atomic mass is 79.9. The highest BCUT2D eigenvalue weighted by Crippen LogP contribution is 2.64. The summed E-state index contributed by atoms with van der Waals surface area (Å²) in [4.78, 5) is 37.0. The molecule has 1 N–H and O–H groups in total. The molecule has 7 heteroatoms. The van der Waals surface area contributed by atoms with Gasteiger partial charge >= 0.3 is 5.97 Å². The van der Waals surface area contributed by atoms with Crippen molar-refractivity contribution in [2.75, 3.05) is 18.5 Å². The van der Waals surface area contributed by atoms with Gasteiger partial charge in [-0.05, 0) is 68.6 Å². The van der Waals surface area contributed by atoms with Gasteiger partial charge in [0.05, 0.1) is 11.1 Å². The van der Waals surface area contributed by atoms with E-state index in [1.807, 2.05) is 0 Å². The average molecular weight is 448 g/mol. The Hall–Kier alpha value is -1.89. The summed E-state index contributed by atoms with van der Waals surface area (Å²) in [5.41, 5.74) is 0.418. The predicted octanol–water partition coefficient (Wildman–Crippen LogP) is 3.48. The molecule has 4 bridgehead atoms. The minimum atomic E-state index is -0.439. The lowest BCUT2D eigenvalue weighted by Gasteiger charge is -2.58. The molecule has 0 spiro atoms. The molecule has 0 aromatic heterocycles. The van der Waals surface area contributed by atoms with Crippen molar-refractivity contribution in [2.45, 2.75) is 42.8 Å². The Balaban J connectivity index is 1.27. The molecule has 4 atom stereocenters. The molecule has 5 aliphatic rings. The quantitative estimate of drug-likeness (QED) is 0.434. The van der Waals surface area contributed by atoms with E-state index >= 15 is 0 Å². The summed E-state index contributed by atoms with van der Waals surface area (Å²) < 4.78 is 10.9. The van der Waals surface area contributed by atoms with Crippen LogP contribution in [0.15, 0.2) is 18.2 Å². The summed E-state index contributed by atoms with van der Waals surface area (Å²) in [6.07, 6.45) is 6.06. The van der Waals surface area contributed by atoms with E-state index in [9.17, 15) is 14.4 Å². The molecule has 28 heavy (non-hydrogen) atoms. The number of amides is 1. The molecule has 4 saturated carbocycles. The third-order valence-electron chi connectivity index (χ3n) is 6.69. The van der Waals surface area contributed by atoms with E-state index in [2.05, 4.69) is 21.2 Å². The largest absolute Gasteiger partial charge is 0.482 e. The van der Waals surface area contributed by atoms with E-state index in [4.69, 9.17) is 9.47 Å². The van der Waals surface area contributed by atoms with E-state index in [-0.39, 0.29) is 35.2 Å². The summed E-state index contributed by atoms with van der Waals surface area (Å²) in [6, 6.07) is 4.85. The minimum Gasteiger partial charge on any atom is -0.482 e. The Morgan fingerprint density at radius 3 is 2.68 bits per heavy atom. The van der Waals surface area contributed by atoms with Crippen molar-refractivity contribution in [3.05, 3.63) is 23.8 Å². The molecule has 1 aliphatic heterocycles. The minimum absolute atomic E-state index is 0.0307.